The summed E-state index contributed by atoms with van der Waals surface area (Å²) < 4.78 is 6.39. The van der Waals surface area contributed by atoms with Crippen molar-refractivity contribution in [3.05, 3.63) is 73.3 Å². The van der Waals surface area contributed by atoms with Crippen LogP contribution < -0.4 is 10.4 Å². The SMILES string of the molecule is C=CCC[Si](OCC)(c1ccccc1)c1ccccc1. The van der Waals surface area contributed by atoms with Crippen LogP contribution in [-0.4, -0.2) is 14.9 Å². The van der Waals surface area contributed by atoms with Crippen LogP contribution >= 0.6 is 0 Å². The van der Waals surface area contributed by atoms with E-state index >= 15 is 0 Å². The first-order chi connectivity index (χ1) is 9.83. The van der Waals surface area contributed by atoms with Crippen LogP contribution in [0, 0.1) is 0 Å². The summed E-state index contributed by atoms with van der Waals surface area (Å²) in [6, 6.07) is 22.4. The highest BCUT2D eigenvalue weighted by Gasteiger charge is 2.38. The van der Waals surface area contributed by atoms with Gasteiger partial charge in [-0.15, -0.1) is 6.58 Å². The fraction of sp³-hybridized carbons (Fsp3) is 0.222. The van der Waals surface area contributed by atoms with Gasteiger partial charge in [0.25, 0.3) is 8.32 Å². The highest BCUT2D eigenvalue weighted by atomic mass is 28.4. The molecule has 0 atom stereocenters. The first kappa shape index (κ1) is 14.8. The molecule has 0 aromatic heterocycles. The number of allylic oxidation sites excluding steroid dienone is 1. The van der Waals surface area contributed by atoms with Crippen molar-refractivity contribution in [3.8, 4) is 0 Å². The molecular weight excluding hydrogens is 260 g/mol. The van der Waals surface area contributed by atoms with Gasteiger partial charge < -0.3 is 4.43 Å². The van der Waals surface area contributed by atoms with Crippen LogP contribution in [0.15, 0.2) is 73.3 Å². The summed E-state index contributed by atoms with van der Waals surface area (Å²) in [6.45, 7) is 6.71. The van der Waals surface area contributed by atoms with Gasteiger partial charge in [0.05, 0.1) is 0 Å². The van der Waals surface area contributed by atoms with Crippen LogP contribution in [0.5, 0.6) is 0 Å². The Hall–Kier alpha value is -1.64. The van der Waals surface area contributed by atoms with Crippen molar-refractivity contribution in [2.75, 3.05) is 6.61 Å². The van der Waals surface area contributed by atoms with Crippen molar-refractivity contribution in [2.24, 2.45) is 0 Å². The Bertz CT molecular complexity index is 482. The second-order valence-corrected chi connectivity index (χ2v) is 8.42. The van der Waals surface area contributed by atoms with Gasteiger partial charge in [-0.25, -0.2) is 0 Å². The van der Waals surface area contributed by atoms with Crippen LogP contribution in [0.4, 0.5) is 0 Å². The molecule has 0 heterocycles. The molecule has 0 aliphatic carbocycles. The van der Waals surface area contributed by atoms with Crippen LogP contribution in [0.25, 0.3) is 0 Å². The fourth-order valence-electron chi connectivity index (χ4n) is 2.66. The molecule has 104 valence electrons. The van der Waals surface area contributed by atoms with E-state index in [0.29, 0.717) is 0 Å². The highest BCUT2D eigenvalue weighted by molar-refractivity contribution is 6.97. The van der Waals surface area contributed by atoms with Crippen LogP contribution in [0.3, 0.4) is 0 Å². The topological polar surface area (TPSA) is 9.23 Å². The van der Waals surface area contributed by atoms with E-state index in [1.54, 1.807) is 0 Å². The molecule has 2 aromatic carbocycles. The summed E-state index contributed by atoms with van der Waals surface area (Å²) in [5.41, 5.74) is 0. The molecule has 2 heteroatoms. The van der Waals surface area contributed by atoms with Crippen molar-refractivity contribution in [1.82, 2.24) is 0 Å². The standard InChI is InChI=1S/C18H22OSi/c1-3-5-16-20(19-4-2,17-12-8-6-9-13-17)18-14-10-7-11-15-18/h3,6-15H,1,4-5,16H2,2H3. The van der Waals surface area contributed by atoms with Crippen molar-refractivity contribution in [3.63, 3.8) is 0 Å². The number of hydrogen-bond acceptors (Lipinski definition) is 1. The second kappa shape index (κ2) is 7.22. The van der Waals surface area contributed by atoms with Gasteiger partial charge in [-0.05, 0) is 29.8 Å². The average molecular weight is 282 g/mol. The van der Waals surface area contributed by atoms with E-state index in [1.807, 2.05) is 6.08 Å². The maximum absolute atomic E-state index is 6.39. The quantitative estimate of drug-likeness (QED) is 0.559. The third-order valence-electron chi connectivity index (χ3n) is 3.57. The van der Waals surface area contributed by atoms with E-state index in [4.69, 9.17) is 4.43 Å². The molecule has 2 aromatic rings. The maximum atomic E-state index is 6.39. The molecule has 0 spiro atoms. The van der Waals surface area contributed by atoms with Crippen molar-refractivity contribution >= 4 is 18.7 Å². The predicted molar refractivity (Wildman–Crippen MR) is 89.2 cm³/mol. The van der Waals surface area contributed by atoms with Crippen LogP contribution in [0.1, 0.15) is 13.3 Å². The van der Waals surface area contributed by atoms with E-state index in [9.17, 15) is 0 Å². The lowest BCUT2D eigenvalue weighted by Gasteiger charge is -2.32. The summed E-state index contributed by atoms with van der Waals surface area (Å²) in [5, 5.41) is 2.69. The third kappa shape index (κ3) is 3.09. The molecule has 0 unspecified atom stereocenters. The number of benzene rings is 2. The summed E-state index contributed by atoms with van der Waals surface area (Å²) in [4.78, 5) is 0. The van der Waals surface area contributed by atoms with Gasteiger partial charge in [-0.2, -0.15) is 0 Å². The van der Waals surface area contributed by atoms with E-state index in [-0.39, 0.29) is 0 Å². The van der Waals surface area contributed by atoms with E-state index in [1.165, 1.54) is 10.4 Å². The second-order valence-electron chi connectivity index (χ2n) is 4.82. The molecule has 0 radical (unpaired) electrons. The lowest BCUT2D eigenvalue weighted by atomic mass is 10.4. The molecule has 0 saturated carbocycles. The fourth-order valence-corrected chi connectivity index (χ4v) is 6.61. The molecule has 2 rings (SSSR count). The Morgan fingerprint density at radius 3 is 1.85 bits per heavy atom. The zero-order valence-electron chi connectivity index (χ0n) is 12.1. The Labute approximate surface area is 123 Å². The van der Waals surface area contributed by atoms with Crippen LogP contribution in [-0.2, 0) is 4.43 Å². The minimum absolute atomic E-state index is 0.743. The van der Waals surface area contributed by atoms with Gasteiger partial charge >= 0.3 is 0 Å². The highest BCUT2D eigenvalue weighted by Crippen LogP contribution is 2.16. The lowest BCUT2D eigenvalue weighted by Crippen LogP contribution is -2.60. The zero-order chi connectivity index (χ0) is 14.3. The van der Waals surface area contributed by atoms with Gasteiger partial charge in [-0.1, -0.05) is 66.7 Å². The Kier molecular flexibility index (Phi) is 5.33. The minimum Gasteiger partial charge on any atom is -0.408 e. The summed E-state index contributed by atoms with van der Waals surface area (Å²) in [6.07, 6.45) is 2.97. The molecule has 0 saturated heterocycles. The first-order valence-electron chi connectivity index (χ1n) is 7.19. The number of hydrogen-bond donors (Lipinski definition) is 0. The normalized spacial score (nSPS) is 11.2. The van der Waals surface area contributed by atoms with E-state index < -0.39 is 8.32 Å². The molecule has 0 aliphatic rings. The molecule has 20 heavy (non-hydrogen) atoms. The monoisotopic (exact) mass is 282 g/mol. The largest absolute Gasteiger partial charge is 0.408 e. The number of rotatable bonds is 7. The lowest BCUT2D eigenvalue weighted by molar-refractivity contribution is 0.338. The average Bonchev–Trinajstić information content (AvgIpc) is 2.53. The van der Waals surface area contributed by atoms with E-state index in [2.05, 4.69) is 74.2 Å². The van der Waals surface area contributed by atoms with Crippen molar-refractivity contribution in [2.45, 2.75) is 19.4 Å². The first-order valence-corrected chi connectivity index (χ1v) is 9.31. The van der Waals surface area contributed by atoms with Gasteiger partial charge in [0.1, 0.15) is 0 Å². The summed E-state index contributed by atoms with van der Waals surface area (Å²) in [7, 11) is -2.14. The van der Waals surface area contributed by atoms with Gasteiger partial charge in [-0.3, -0.25) is 0 Å². The molecule has 1 nitrogen and oxygen atoms in total. The maximum Gasteiger partial charge on any atom is 0.255 e. The molecule has 0 fully saturated rings. The molecule has 0 amide bonds. The van der Waals surface area contributed by atoms with Crippen molar-refractivity contribution < 1.29 is 4.43 Å². The van der Waals surface area contributed by atoms with Gasteiger partial charge in [0, 0.05) is 6.61 Å². The Balaban J connectivity index is 2.52. The van der Waals surface area contributed by atoms with Crippen molar-refractivity contribution in [1.29, 1.82) is 0 Å². The molecule has 0 N–H and O–H groups in total. The summed E-state index contributed by atoms with van der Waals surface area (Å²) >= 11 is 0. The molecule has 0 aliphatic heterocycles. The van der Waals surface area contributed by atoms with Gasteiger partial charge in [0.15, 0.2) is 0 Å². The Morgan fingerprint density at radius 1 is 0.950 bits per heavy atom. The Morgan fingerprint density at radius 2 is 1.45 bits per heavy atom. The zero-order valence-corrected chi connectivity index (χ0v) is 13.1. The van der Waals surface area contributed by atoms with Gasteiger partial charge in [0.2, 0.25) is 0 Å². The molecular formula is C18H22OSi. The molecule has 0 bridgehead atoms. The van der Waals surface area contributed by atoms with E-state index in [0.717, 1.165) is 19.1 Å². The van der Waals surface area contributed by atoms with Crippen LogP contribution in [0.2, 0.25) is 6.04 Å². The smallest absolute Gasteiger partial charge is 0.255 e. The predicted octanol–water partition coefficient (Wildman–Crippen LogP) is 3.36. The third-order valence-corrected chi connectivity index (χ3v) is 7.88. The minimum atomic E-state index is -2.14. The summed E-state index contributed by atoms with van der Waals surface area (Å²) in [5.74, 6) is 0.